The highest BCUT2D eigenvalue weighted by molar-refractivity contribution is 7.90. The molecule has 4 aromatic rings. The van der Waals surface area contributed by atoms with Gasteiger partial charge in [-0.1, -0.05) is 25.3 Å². The number of hydrogen-bond donors (Lipinski definition) is 1. The molecular formula is C43H53N5O5S. The molecule has 2 aromatic heterocycles. The van der Waals surface area contributed by atoms with Crippen LogP contribution < -0.4 is 9.46 Å². The van der Waals surface area contributed by atoms with Crippen LogP contribution in [0, 0.1) is 0 Å². The van der Waals surface area contributed by atoms with Gasteiger partial charge in [-0.2, -0.15) is 0 Å². The zero-order chi connectivity index (χ0) is 38.1. The quantitative estimate of drug-likeness (QED) is 0.198. The lowest BCUT2D eigenvalue weighted by molar-refractivity contribution is 0.0472. The molecule has 2 saturated heterocycles. The lowest BCUT2D eigenvalue weighted by Crippen LogP contribution is -2.54. The average molecular weight is 752 g/mol. The smallest absolute Gasteiger partial charge is 0.264 e. The van der Waals surface area contributed by atoms with Crippen LogP contribution in [0.3, 0.4) is 0 Å². The maximum Gasteiger partial charge on any atom is 0.264 e. The standard InChI is InChI=1S/C43H53N5O5S/c1-26(2)46-19-18-37(43(50)48-32-13-14-33(48)25-45(5)24-32)40(46)31-20-30-21-34(53-6)15-17-35(30)41-39(28-10-8-7-9-11-28)36-16-12-29(22-38(36)47(41)23-31)42(49)44-54(51,52)27(3)4/h12,15-22,26-28,32-33H,7-11,13-14,23-25H2,1-6H3,(H,44,49). The van der Waals surface area contributed by atoms with Crippen molar-refractivity contribution in [1.82, 2.24) is 23.7 Å². The first kappa shape index (κ1) is 36.6. The zero-order valence-electron chi connectivity index (χ0n) is 32.4. The van der Waals surface area contributed by atoms with Crippen LogP contribution in [0.25, 0.3) is 33.8 Å². The topological polar surface area (TPSA) is 106 Å². The predicted molar refractivity (Wildman–Crippen MR) is 214 cm³/mol. The molecule has 1 saturated carbocycles. The Morgan fingerprint density at radius 1 is 0.889 bits per heavy atom. The van der Waals surface area contributed by atoms with Gasteiger partial charge in [0.2, 0.25) is 10.0 Å². The number of ether oxygens (including phenoxy) is 1. The molecule has 3 aliphatic heterocycles. The van der Waals surface area contributed by atoms with E-state index < -0.39 is 21.2 Å². The first-order valence-electron chi connectivity index (χ1n) is 19.7. The van der Waals surface area contributed by atoms with E-state index in [2.05, 4.69) is 69.0 Å². The highest BCUT2D eigenvalue weighted by Crippen LogP contribution is 2.48. The van der Waals surface area contributed by atoms with Crippen molar-refractivity contribution in [2.24, 2.45) is 0 Å². The van der Waals surface area contributed by atoms with E-state index in [-0.39, 0.29) is 24.0 Å². The molecule has 2 amide bonds. The highest BCUT2D eigenvalue weighted by atomic mass is 32.2. The van der Waals surface area contributed by atoms with Crippen molar-refractivity contribution in [3.63, 3.8) is 0 Å². The van der Waals surface area contributed by atoms with Gasteiger partial charge in [-0.15, -0.1) is 0 Å². The molecule has 0 spiro atoms. The molecule has 2 bridgehead atoms. The molecular weight excluding hydrogens is 699 g/mol. The summed E-state index contributed by atoms with van der Waals surface area (Å²) in [5, 5.41) is 0.330. The fourth-order valence-electron chi connectivity index (χ4n) is 9.61. The van der Waals surface area contributed by atoms with Crippen LogP contribution in [0.1, 0.15) is 122 Å². The predicted octanol–water partition coefficient (Wildman–Crippen LogP) is 7.69. The van der Waals surface area contributed by atoms with E-state index in [9.17, 15) is 18.0 Å². The maximum absolute atomic E-state index is 14.8. The summed E-state index contributed by atoms with van der Waals surface area (Å²) in [7, 11) is 0.00320. The Morgan fingerprint density at radius 3 is 2.28 bits per heavy atom. The third kappa shape index (κ3) is 6.27. The second-order valence-electron chi connectivity index (χ2n) is 16.5. The number of allylic oxidation sites excluding steroid dienone is 1. The number of amides is 2. The monoisotopic (exact) mass is 751 g/mol. The molecule has 286 valence electrons. The molecule has 5 heterocycles. The van der Waals surface area contributed by atoms with Crippen molar-refractivity contribution in [1.29, 1.82) is 0 Å². The van der Waals surface area contributed by atoms with E-state index in [0.29, 0.717) is 23.6 Å². The summed E-state index contributed by atoms with van der Waals surface area (Å²) in [4.78, 5) is 32.9. The van der Waals surface area contributed by atoms with Gasteiger partial charge in [0, 0.05) is 59.4 Å². The van der Waals surface area contributed by atoms with Crippen molar-refractivity contribution in [2.45, 2.75) is 108 Å². The van der Waals surface area contributed by atoms with Crippen molar-refractivity contribution in [3.05, 3.63) is 76.6 Å². The van der Waals surface area contributed by atoms with Crippen LogP contribution in [-0.2, 0) is 16.6 Å². The molecule has 0 radical (unpaired) electrons. The van der Waals surface area contributed by atoms with Crippen LogP contribution in [0.2, 0.25) is 0 Å². The first-order valence-corrected chi connectivity index (χ1v) is 21.2. The van der Waals surface area contributed by atoms with Crippen molar-refractivity contribution < 1.29 is 22.7 Å². The minimum atomic E-state index is -3.83. The van der Waals surface area contributed by atoms with E-state index in [1.165, 1.54) is 12.0 Å². The van der Waals surface area contributed by atoms with Gasteiger partial charge in [-0.25, -0.2) is 13.1 Å². The number of hydrogen-bond acceptors (Lipinski definition) is 6. The Balaban J connectivity index is 1.34. The van der Waals surface area contributed by atoms with Gasteiger partial charge in [0.1, 0.15) is 5.75 Å². The molecule has 4 aliphatic rings. The molecule has 1 aliphatic carbocycles. The molecule has 11 heteroatoms. The van der Waals surface area contributed by atoms with Crippen molar-refractivity contribution >= 4 is 44.4 Å². The molecule has 2 atom stereocenters. The van der Waals surface area contributed by atoms with Gasteiger partial charge >= 0.3 is 0 Å². The number of likely N-dealkylation sites (N-methyl/N-ethyl adjacent to an activating group) is 1. The Hall–Kier alpha value is -4.35. The number of sulfonamides is 1. The number of benzene rings is 2. The summed E-state index contributed by atoms with van der Waals surface area (Å²) in [5.74, 6) is 0.535. The third-order valence-corrected chi connectivity index (χ3v) is 14.0. The van der Waals surface area contributed by atoms with E-state index >= 15 is 0 Å². The van der Waals surface area contributed by atoms with Gasteiger partial charge in [0.05, 0.1) is 35.9 Å². The highest BCUT2D eigenvalue weighted by Gasteiger charge is 2.43. The molecule has 10 nitrogen and oxygen atoms in total. The first-order chi connectivity index (χ1) is 25.9. The number of nitrogens with zero attached hydrogens (tertiary/aromatic N) is 4. The molecule has 54 heavy (non-hydrogen) atoms. The van der Waals surface area contributed by atoms with Gasteiger partial charge in [0.15, 0.2) is 0 Å². The average Bonchev–Trinajstić information content (AvgIpc) is 3.77. The van der Waals surface area contributed by atoms with Gasteiger partial charge in [-0.3, -0.25) is 9.59 Å². The Kier molecular flexibility index (Phi) is 9.53. The van der Waals surface area contributed by atoms with Crippen molar-refractivity contribution in [3.8, 4) is 17.0 Å². The number of rotatable bonds is 8. The Bertz CT molecular complexity index is 2260. The van der Waals surface area contributed by atoms with Crippen LogP contribution in [0.4, 0.5) is 0 Å². The summed E-state index contributed by atoms with van der Waals surface area (Å²) in [5.41, 5.74) is 8.26. The van der Waals surface area contributed by atoms with E-state index in [1.807, 2.05) is 24.3 Å². The number of piperazine rings is 1. The molecule has 2 unspecified atom stereocenters. The fraction of sp³-hybridized carbons (Fsp3) is 0.488. The summed E-state index contributed by atoms with van der Waals surface area (Å²) in [6.45, 7) is 9.65. The molecule has 2 aromatic carbocycles. The number of carbonyl (C=O) groups excluding carboxylic acids is 2. The molecule has 8 rings (SSSR count). The second kappa shape index (κ2) is 14.1. The number of likely N-dealkylation sites (tertiary alicyclic amines) is 1. The van der Waals surface area contributed by atoms with Gasteiger partial charge < -0.3 is 23.7 Å². The summed E-state index contributed by atoms with van der Waals surface area (Å²) < 4.78 is 38.2. The third-order valence-electron chi connectivity index (χ3n) is 12.3. The Labute approximate surface area is 319 Å². The minimum Gasteiger partial charge on any atom is -0.497 e. The van der Waals surface area contributed by atoms with Gasteiger partial charge in [0.25, 0.3) is 11.8 Å². The maximum atomic E-state index is 14.8. The largest absolute Gasteiger partial charge is 0.497 e. The minimum absolute atomic E-state index is 0.0896. The SMILES string of the molecule is COc1ccc2c(c1)C=C(c1c(C(=O)N3C4CCC3CN(C)C4)ccn1C(C)C)Cn1c-2c(C2CCCCC2)c2ccc(C(=O)NS(=O)(=O)C(C)C)cc21. The van der Waals surface area contributed by atoms with Crippen LogP contribution in [-0.4, -0.2) is 83.7 Å². The lowest BCUT2D eigenvalue weighted by atomic mass is 9.81. The number of nitrogens with one attached hydrogen (secondary N) is 1. The van der Waals surface area contributed by atoms with Crippen LogP contribution in [0.5, 0.6) is 5.75 Å². The summed E-state index contributed by atoms with van der Waals surface area (Å²) in [6, 6.07) is 14.4. The van der Waals surface area contributed by atoms with Crippen molar-refractivity contribution in [2.75, 3.05) is 27.2 Å². The molecule has 3 fully saturated rings. The Morgan fingerprint density at radius 2 is 1.61 bits per heavy atom. The lowest BCUT2D eigenvalue weighted by Gasteiger charge is -2.39. The number of methoxy groups -OCH3 is 1. The van der Waals surface area contributed by atoms with Gasteiger partial charge in [-0.05, 0) is 126 Å². The summed E-state index contributed by atoms with van der Waals surface area (Å²) >= 11 is 0. The van der Waals surface area contributed by atoms with E-state index in [0.717, 1.165) is 96.4 Å². The number of carbonyl (C=O) groups is 2. The fourth-order valence-corrected chi connectivity index (χ4v) is 10.2. The van der Waals surface area contributed by atoms with Crippen LogP contribution >= 0.6 is 0 Å². The van der Waals surface area contributed by atoms with E-state index in [1.54, 1.807) is 27.0 Å². The number of fused-ring (bicyclic) bond motifs is 7. The second-order valence-corrected chi connectivity index (χ2v) is 18.7. The zero-order valence-corrected chi connectivity index (χ0v) is 33.2. The van der Waals surface area contributed by atoms with E-state index in [4.69, 9.17) is 4.74 Å². The van der Waals surface area contributed by atoms with Crippen LogP contribution in [0.15, 0.2) is 48.7 Å². The normalized spacial score (nSPS) is 20.6. The summed E-state index contributed by atoms with van der Waals surface area (Å²) in [6.07, 6.45) is 12.0. The number of aromatic nitrogens is 2. The molecule has 1 N–H and O–H groups in total.